The van der Waals surface area contributed by atoms with E-state index < -0.39 is 17.2 Å². The first-order valence-electron chi connectivity index (χ1n) is 13.6. The molecule has 0 aromatic heterocycles. The van der Waals surface area contributed by atoms with Crippen LogP contribution in [0.15, 0.2) is 24.3 Å². The molecule has 0 aliphatic heterocycles. The Kier molecular flexibility index (Phi) is 10.9. The summed E-state index contributed by atoms with van der Waals surface area (Å²) in [4.78, 5) is 0. The van der Waals surface area contributed by atoms with E-state index in [1.165, 1.54) is 102 Å². The molecule has 3 heteroatoms. The van der Waals surface area contributed by atoms with Crippen molar-refractivity contribution in [3.63, 3.8) is 0 Å². The maximum Gasteiger partial charge on any atom is 0.144 e. The van der Waals surface area contributed by atoms with Crippen LogP contribution < -0.4 is 0 Å². The Morgan fingerprint density at radius 3 is 1.70 bits per heavy atom. The monoisotopic (exact) mass is 455 g/mol. The van der Waals surface area contributed by atoms with Crippen LogP contribution in [0.2, 0.25) is 0 Å². The summed E-state index contributed by atoms with van der Waals surface area (Å²) in [6, 6.07) is 4.28. The van der Waals surface area contributed by atoms with Gasteiger partial charge in [0.2, 0.25) is 0 Å². The molecule has 3 rings (SSSR count). The minimum absolute atomic E-state index is 0.465. The van der Waals surface area contributed by atoms with Gasteiger partial charge in [-0.15, -0.1) is 0 Å². The maximum absolute atomic E-state index is 13.8. The van der Waals surface area contributed by atoms with E-state index in [1.807, 2.05) is 0 Å². The van der Waals surface area contributed by atoms with Gasteiger partial charge in [0.1, 0.15) is 23.3 Å². The first kappa shape index (κ1) is 25.9. The standard InChI is InChI=1S/C30H43F2N/c1-2-3-4-5-6-7-23-8-10-24(11-9-23)12-13-25-14-16-26(17-15-25)18-19-27-20-29(31)28(22-33)30(32)21-27/h4-5,20-21,23-26H,2-3,6-19H2,1H3/b5-4+. The Balaban J connectivity index is 1.27. The largest absolute Gasteiger partial charge is 0.205 e. The second-order valence-corrected chi connectivity index (χ2v) is 10.8. The Bertz CT molecular complexity index is 754. The topological polar surface area (TPSA) is 23.8 Å². The van der Waals surface area contributed by atoms with E-state index >= 15 is 0 Å². The molecule has 0 radical (unpaired) electrons. The molecule has 1 aromatic carbocycles. The normalized spacial score (nSPS) is 25.9. The smallest absolute Gasteiger partial charge is 0.144 e. The summed E-state index contributed by atoms with van der Waals surface area (Å²) in [7, 11) is 0. The van der Waals surface area contributed by atoms with Crippen LogP contribution in [0.5, 0.6) is 0 Å². The van der Waals surface area contributed by atoms with E-state index in [0.29, 0.717) is 17.9 Å². The van der Waals surface area contributed by atoms with Gasteiger partial charge in [0.05, 0.1) is 0 Å². The third-order valence-electron chi connectivity index (χ3n) is 8.33. The fraction of sp³-hybridized carbons (Fsp3) is 0.700. The molecule has 182 valence electrons. The van der Waals surface area contributed by atoms with Gasteiger partial charge in [-0.2, -0.15) is 5.26 Å². The third kappa shape index (κ3) is 8.55. The quantitative estimate of drug-likeness (QED) is 0.305. The van der Waals surface area contributed by atoms with Crippen molar-refractivity contribution in [2.45, 2.75) is 110 Å². The number of unbranched alkanes of at least 4 members (excludes halogenated alkanes) is 1. The van der Waals surface area contributed by atoms with Crippen molar-refractivity contribution in [1.82, 2.24) is 0 Å². The minimum Gasteiger partial charge on any atom is -0.205 e. The molecule has 0 spiro atoms. The molecule has 2 aliphatic carbocycles. The number of allylic oxidation sites excluding steroid dienone is 2. The summed E-state index contributed by atoms with van der Waals surface area (Å²) in [5, 5.41) is 8.81. The lowest BCUT2D eigenvalue weighted by Gasteiger charge is -2.32. The molecule has 2 saturated carbocycles. The summed E-state index contributed by atoms with van der Waals surface area (Å²) in [5.41, 5.74) is 0.214. The van der Waals surface area contributed by atoms with E-state index in [-0.39, 0.29) is 0 Å². The molecule has 33 heavy (non-hydrogen) atoms. The van der Waals surface area contributed by atoms with Crippen molar-refractivity contribution in [1.29, 1.82) is 5.26 Å². The molecular formula is C30H43F2N. The zero-order valence-electron chi connectivity index (χ0n) is 20.6. The van der Waals surface area contributed by atoms with Crippen LogP contribution in [-0.4, -0.2) is 0 Å². The van der Waals surface area contributed by atoms with Crippen molar-refractivity contribution in [2.24, 2.45) is 23.7 Å². The molecule has 1 aromatic rings. The Morgan fingerprint density at radius 2 is 1.21 bits per heavy atom. The van der Waals surface area contributed by atoms with Crippen LogP contribution in [0, 0.1) is 46.6 Å². The van der Waals surface area contributed by atoms with Crippen molar-refractivity contribution < 1.29 is 8.78 Å². The predicted molar refractivity (Wildman–Crippen MR) is 133 cm³/mol. The molecule has 1 nitrogen and oxygen atoms in total. The van der Waals surface area contributed by atoms with Gasteiger partial charge in [0, 0.05) is 0 Å². The van der Waals surface area contributed by atoms with E-state index in [9.17, 15) is 8.78 Å². The van der Waals surface area contributed by atoms with Gasteiger partial charge in [-0.25, -0.2) is 8.78 Å². The fourth-order valence-corrected chi connectivity index (χ4v) is 6.07. The highest BCUT2D eigenvalue weighted by Crippen LogP contribution is 2.38. The zero-order valence-corrected chi connectivity index (χ0v) is 20.6. The van der Waals surface area contributed by atoms with Crippen molar-refractivity contribution in [3.05, 3.63) is 47.0 Å². The van der Waals surface area contributed by atoms with Crippen LogP contribution in [0.1, 0.15) is 114 Å². The summed E-state index contributed by atoms with van der Waals surface area (Å²) in [6.45, 7) is 2.24. The third-order valence-corrected chi connectivity index (χ3v) is 8.33. The Hall–Kier alpha value is -1.69. The number of halogens is 2. The molecule has 0 unspecified atom stereocenters. The van der Waals surface area contributed by atoms with Crippen LogP contribution in [0.3, 0.4) is 0 Å². The summed E-state index contributed by atoms with van der Waals surface area (Å²) < 4.78 is 27.6. The molecule has 0 bridgehead atoms. The van der Waals surface area contributed by atoms with Gasteiger partial charge in [0.15, 0.2) is 0 Å². The Morgan fingerprint density at radius 1 is 0.758 bits per heavy atom. The van der Waals surface area contributed by atoms with E-state index in [2.05, 4.69) is 19.1 Å². The molecule has 0 amide bonds. The van der Waals surface area contributed by atoms with Gasteiger partial charge in [0.25, 0.3) is 0 Å². The highest BCUT2D eigenvalue weighted by Gasteiger charge is 2.24. The highest BCUT2D eigenvalue weighted by molar-refractivity contribution is 5.35. The maximum atomic E-state index is 13.8. The second-order valence-electron chi connectivity index (χ2n) is 10.8. The fourth-order valence-electron chi connectivity index (χ4n) is 6.07. The summed E-state index contributed by atoms with van der Waals surface area (Å²) in [6.07, 6.45) is 25.3. The molecule has 0 heterocycles. The predicted octanol–water partition coefficient (Wildman–Crippen LogP) is 9.30. The highest BCUT2D eigenvalue weighted by atomic mass is 19.1. The van der Waals surface area contributed by atoms with Gasteiger partial charge in [-0.1, -0.05) is 89.7 Å². The number of rotatable bonds is 11. The number of benzene rings is 1. The van der Waals surface area contributed by atoms with Crippen molar-refractivity contribution in [2.75, 3.05) is 0 Å². The van der Waals surface area contributed by atoms with E-state index in [0.717, 1.165) is 24.2 Å². The van der Waals surface area contributed by atoms with E-state index in [4.69, 9.17) is 5.26 Å². The lowest BCUT2D eigenvalue weighted by Crippen LogP contribution is -2.18. The van der Waals surface area contributed by atoms with E-state index in [1.54, 1.807) is 6.07 Å². The average molecular weight is 456 g/mol. The van der Waals surface area contributed by atoms with Gasteiger partial charge >= 0.3 is 0 Å². The number of hydrogen-bond acceptors (Lipinski definition) is 1. The Labute approximate surface area is 200 Å². The molecule has 2 fully saturated rings. The summed E-state index contributed by atoms with van der Waals surface area (Å²) >= 11 is 0. The van der Waals surface area contributed by atoms with Crippen LogP contribution in [0.4, 0.5) is 8.78 Å². The molecule has 0 saturated heterocycles. The molecule has 0 N–H and O–H groups in total. The average Bonchev–Trinajstić information content (AvgIpc) is 2.82. The van der Waals surface area contributed by atoms with Crippen LogP contribution >= 0.6 is 0 Å². The SMILES string of the molecule is CCC/C=C/CCC1CCC(CCC2CCC(CCc3cc(F)c(C#N)c(F)c3)CC2)CC1. The number of aryl methyl sites for hydroxylation is 1. The zero-order chi connectivity index (χ0) is 23.5. The second kappa shape index (κ2) is 13.9. The molecule has 2 aliphatic rings. The lowest BCUT2D eigenvalue weighted by molar-refractivity contribution is 0.210. The van der Waals surface area contributed by atoms with Crippen molar-refractivity contribution in [3.8, 4) is 6.07 Å². The van der Waals surface area contributed by atoms with Crippen LogP contribution in [-0.2, 0) is 6.42 Å². The summed E-state index contributed by atoms with van der Waals surface area (Å²) in [5.74, 6) is 2.01. The first-order valence-corrected chi connectivity index (χ1v) is 13.6. The van der Waals surface area contributed by atoms with Gasteiger partial charge in [-0.05, 0) is 73.5 Å². The molecule has 0 atom stereocenters. The van der Waals surface area contributed by atoms with Gasteiger partial charge < -0.3 is 0 Å². The lowest BCUT2D eigenvalue weighted by atomic mass is 9.74. The number of nitrogens with zero attached hydrogens (tertiary/aromatic N) is 1. The first-order chi connectivity index (χ1) is 16.1. The van der Waals surface area contributed by atoms with Crippen molar-refractivity contribution >= 4 is 0 Å². The van der Waals surface area contributed by atoms with Crippen LogP contribution in [0.25, 0.3) is 0 Å². The number of hydrogen-bond donors (Lipinski definition) is 0. The minimum atomic E-state index is -0.728. The van der Waals surface area contributed by atoms with Gasteiger partial charge in [-0.3, -0.25) is 0 Å². The number of nitriles is 1. The molecular weight excluding hydrogens is 412 g/mol.